The van der Waals surface area contributed by atoms with Crippen LogP contribution in [0.3, 0.4) is 0 Å². The summed E-state index contributed by atoms with van der Waals surface area (Å²) in [4.78, 5) is 12.2. The molecule has 0 fully saturated rings. The summed E-state index contributed by atoms with van der Waals surface area (Å²) >= 11 is 12.0. The number of aromatic nitrogens is 1. The van der Waals surface area contributed by atoms with Crippen molar-refractivity contribution in [2.45, 2.75) is 26.8 Å². The van der Waals surface area contributed by atoms with Crippen molar-refractivity contribution in [2.24, 2.45) is 0 Å². The third-order valence-corrected chi connectivity index (χ3v) is 3.85. The van der Waals surface area contributed by atoms with E-state index in [9.17, 15) is 4.79 Å². The number of rotatable bonds is 6. The van der Waals surface area contributed by atoms with Crippen LogP contribution in [0.2, 0.25) is 10.0 Å². The van der Waals surface area contributed by atoms with Crippen molar-refractivity contribution < 1.29 is 4.74 Å². The van der Waals surface area contributed by atoms with Crippen LogP contribution < -0.4 is 10.3 Å². The monoisotopic (exact) mass is 351 g/mol. The van der Waals surface area contributed by atoms with E-state index >= 15 is 0 Å². The summed E-state index contributed by atoms with van der Waals surface area (Å²) in [5.41, 5.74) is 1.97. The molecule has 0 spiro atoms. The van der Waals surface area contributed by atoms with E-state index in [2.05, 4.69) is 6.08 Å². The smallest absolute Gasteiger partial charge is 0.254 e. The summed E-state index contributed by atoms with van der Waals surface area (Å²) in [6, 6.07) is 8.53. The van der Waals surface area contributed by atoms with Gasteiger partial charge in [0.25, 0.3) is 5.56 Å². The maximum absolute atomic E-state index is 12.2. The molecule has 0 saturated heterocycles. The zero-order chi connectivity index (χ0) is 16.8. The number of benzene rings is 1. The summed E-state index contributed by atoms with van der Waals surface area (Å²) in [5, 5.41) is 1.12. The topological polar surface area (TPSA) is 31.2 Å². The van der Waals surface area contributed by atoms with Crippen molar-refractivity contribution in [3.8, 4) is 5.75 Å². The average Bonchev–Trinajstić information content (AvgIpc) is 2.48. The predicted molar refractivity (Wildman–Crippen MR) is 95.8 cm³/mol. The van der Waals surface area contributed by atoms with Gasteiger partial charge in [-0.15, -0.1) is 0 Å². The van der Waals surface area contributed by atoms with E-state index in [0.717, 1.165) is 12.0 Å². The molecule has 0 saturated carbocycles. The molecule has 1 aromatic heterocycles. The summed E-state index contributed by atoms with van der Waals surface area (Å²) in [5.74, 6) is 0.579. The lowest BCUT2D eigenvalue weighted by atomic mass is 10.2. The van der Waals surface area contributed by atoms with Crippen molar-refractivity contribution in [1.29, 1.82) is 0 Å². The third kappa shape index (κ3) is 5.45. The highest BCUT2D eigenvalue weighted by atomic mass is 35.5. The molecular formula is C18H19Cl2NO2. The fourth-order valence-electron chi connectivity index (χ4n) is 2.07. The van der Waals surface area contributed by atoms with E-state index in [1.54, 1.807) is 29.0 Å². The molecule has 0 aliphatic rings. The van der Waals surface area contributed by atoms with Gasteiger partial charge in [0.05, 0.1) is 13.2 Å². The van der Waals surface area contributed by atoms with Gasteiger partial charge in [-0.05, 0) is 44.0 Å². The molecule has 0 N–H and O–H groups in total. The highest BCUT2D eigenvalue weighted by Crippen LogP contribution is 2.21. The van der Waals surface area contributed by atoms with Gasteiger partial charge in [0.2, 0.25) is 0 Å². The molecule has 1 heterocycles. The number of halogens is 2. The molecule has 2 rings (SSSR count). The fraction of sp³-hybridized carbons (Fsp3) is 0.278. The van der Waals surface area contributed by atoms with Gasteiger partial charge in [0, 0.05) is 22.3 Å². The first-order valence-electron chi connectivity index (χ1n) is 7.36. The Morgan fingerprint density at radius 1 is 1.22 bits per heavy atom. The number of nitrogens with zero attached hydrogens (tertiary/aromatic N) is 1. The van der Waals surface area contributed by atoms with Crippen molar-refractivity contribution in [3.05, 3.63) is 74.1 Å². The van der Waals surface area contributed by atoms with Crippen molar-refractivity contribution in [1.82, 2.24) is 4.57 Å². The van der Waals surface area contributed by atoms with Crippen molar-refractivity contribution in [3.63, 3.8) is 0 Å². The van der Waals surface area contributed by atoms with Crippen LogP contribution in [0.4, 0.5) is 0 Å². The van der Waals surface area contributed by atoms with Gasteiger partial charge in [-0.1, -0.05) is 40.9 Å². The lowest BCUT2D eigenvalue weighted by Gasteiger charge is -2.10. The van der Waals surface area contributed by atoms with Gasteiger partial charge in [0.15, 0.2) is 0 Å². The molecule has 3 nitrogen and oxygen atoms in total. The predicted octanol–water partition coefficient (Wildman–Crippen LogP) is 4.94. The summed E-state index contributed by atoms with van der Waals surface area (Å²) in [6.07, 6.45) is 4.64. The van der Waals surface area contributed by atoms with E-state index < -0.39 is 0 Å². The van der Waals surface area contributed by atoms with Gasteiger partial charge in [0.1, 0.15) is 5.75 Å². The number of hydrogen-bond acceptors (Lipinski definition) is 2. The van der Waals surface area contributed by atoms with Crippen LogP contribution in [-0.2, 0) is 6.54 Å². The second-order valence-electron chi connectivity index (χ2n) is 5.48. The molecule has 2 aromatic rings. The molecule has 0 aliphatic carbocycles. The van der Waals surface area contributed by atoms with Crippen LogP contribution >= 0.6 is 23.2 Å². The first-order valence-corrected chi connectivity index (χ1v) is 8.12. The SMILES string of the molecule is CC(C)=CCCOc1ccn(Cc2ccc(Cl)cc2Cl)c(=O)c1. The lowest BCUT2D eigenvalue weighted by Crippen LogP contribution is -2.19. The third-order valence-electron chi connectivity index (χ3n) is 3.26. The highest BCUT2D eigenvalue weighted by Gasteiger charge is 2.05. The number of hydrogen-bond donors (Lipinski definition) is 0. The molecule has 0 aliphatic heterocycles. The second kappa shape index (κ2) is 8.23. The van der Waals surface area contributed by atoms with E-state index in [0.29, 0.717) is 28.9 Å². The van der Waals surface area contributed by atoms with E-state index in [1.165, 1.54) is 11.6 Å². The first-order chi connectivity index (χ1) is 11.0. The van der Waals surface area contributed by atoms with E-state index in [4.69, 9.17) is 27.9 Å². The minimum Gasteiger partial charge on any atom is -0.493 e. The largest absolute Gasteiger partial charge is 0.493 e. The summed E-state index contributed by atoms with van der Waals surface area (Å²) in [6.45, 7) is 5.04. The zero-order valence-corrected chi connectivity index (χ0v) is 14.7. The zero-order valence-electron chi connectivity index (χ0n) is 13.2. The number of pyridine rings is 1. The van der Waals surface area contributed by atoms with Gasteiger partial charge in [-0.25, -0.2) is 0 Å². The molecule has 5 heteroatoms. The highest BCUT2D eigenvalue weighted by molar-refractivity contribution is 6.35. The van der Waals surface area contributed by atoms with E-state index in [1.807, 2.05) is 19.9 Å². The molecular weight excluding hydrogens is 333 g/mol. The van der Waals surface area contributed by atoms with Gasteiger partial charge in [-0.3, -0.25) is 4.79 Å². The normalized spacial score (nSPS) is 10.4. The first kappa shape index (κ1) is 17.6. The second-order valence-corrected chi connectivity index (χ2v) is 6.33. The molecule has 122 valence electrons. The minimum absolute atomic E-state index is 0.129. The quantitative estimate of drug-likeness (QED) is 0.545. The molecule has 1 aromatic carbocycles. The van der Waals surface area contributed by atoms with Crippen LogP contribution in [0, 0.1) is 0 Å². The van der Waals surface area contributed by atoms with Gasteiger partial charge < -0.3 is 9.30 Å². The van der Waals surface area contributed by atoms with E-state index in [-0.39, 0.29) is 5.56 Å². The van der Waals surface area contributed by atoms with Crippen LogP contribution in [0.1, 0.15) is 25.8 Å². The molecule has 0 unspecified atom stereocenters. The van der Waals surface area contributed by atoms with Crippen LogP contribution in [0.25, 0.3) is 0 Å². The summed E-state index contributed by atoms with van der Waals surface area (Å²) in [7, 11) is 0. The van der Waals surface area contributed by atoms with Crippen LogP contribution in [-0.4, -0.2) is 11.2 Å². The van der Waals surface area contributed by atoms with Crippen molar-refractivity contribution in [2.75, 3.05) is 6.61 Å². The Kier molecular flexibility index (Phi) is 6.31. The van der Waals surface area contributed by atoms with Gasteiger partial charge in [-0.2, -0.15) is 0 Å². The Balaban J connectivity index is 2.04. The fourth-order valence-corrected chi connectivity index (χ4v) is 2.54. The molecule has 0 amide bonds. The maximum Gasteiger partial charge on any atom is 0.254 e. The number of ether oxygens (including phenoxy) is 1. The molecule has 0 atom stereocenters. The Morgan fingerprint density at radius 2 is 2.00 bits per heavy atom. The lowest BCUT2D eigenvalue weighted by molar-refractivity contribution is 0.323. The molecule has 0 bridgehead atoms. The number of allylic oxidation sites excluding steroid dienone is 1. The Labute approximate surface area is 146 Å². The van der Waals surface area contributed by atoms with Gasteiger partial charge >= 0.3 is 0 Å². The maximum atomic E-state index is 12.2. The van der Waals surface area contributed by atoms with Crippen LogP contribution in [0.5, 0.6) is 5.75 Å². The standard InChI is InChI=1S/C18H19Cl2NO2/c1-13(2)4-3-9-23-16-7-8-21(18(22)11-16)12-14-5-6-15(19)10-17(14)20/h4-8,10-11H,3,9,12H2,1-2H3. The molecule has 0 radical (unpaired) electrons. The Bertz CT molecular complexity index is 762. The average molecular weight is 352 g/mol. The summed E-state index contributed by atoms with van der Waals surface area (Å²) < 4.78 is 7.16. The minimum atomic E-state index is -0.129. The molecule has 23 heavy (non-hydrogen) atoms. The van der Waals surface area contributed by atoms with Crippen molar-refractivity contribution >= 4 is 23.2 Å². The Morgan fingerprint density at radius 3 is 2.65 bits per heavy atom. The van der Waals surface area contributed by atoms with Crippen LogP contribution in [0.15, 0.2) is 53.0 Å². The Hall–Kier alpha value is -1.71.